The zero-order chi connectivity index (χ0) is 41.2. The van der Waals surface area contributed by atoms with Crippen LogP contribution in [0.25, 0.3) is 22.3 Å². The van der Waals surface area contributed by atoms with Crippen molar-refractivity contribution in [1.29, 1.82) is 0 Å². The van der Waals surface area contributed by atoms with E-state index in [4.69, 9.17) is 43.3 Å². The van der Waals surface area contributed by atoms with Crippen molar-refractivity contribution in [3.8, 4) is 22.3 Å². The lowest BCUT2D eigenvalue weighted by Crippen LogP contribution is -2.36. The van der Waals surface area contributed by atoms with Crippen LogP contribution in [0.5, 0.6) is 0 Å². The topological polar surface area (TPSA) is 153 Å². The molecule has 0 heterocycles. The number of nitrogens with zero attached hydrogens (tertiary/aromatic N) is 1. The number of benzene rings is 4. The molecule has 0 aliphatic heterocycles. The van der Waals surface area contributed by atoms with Gasteiger partial charge in [-0.2, -0.15) is 5.10 Å². The van der Waals surface area contributed by atoms with Crippen molar-refractivity contribution in [3.05, 3.63) is 118 Å². The van der Waals surface area contributed by atoms with Crippen molar-refractivity contribution >= 4 is 47.7 Å². The molecule has 0 radical (unpaired) electrons. The van der Waals surface area contributed by atoms with E-state index in [9.17, 15) is 14.4 Å². The summed E-state index contributed by atoms with van der Waals surface area (Å²) in [5, 5.41) is 8.07. The predicted molar refractivity (Wildman–Crippen MR) is 222 cm³/mol. The molecule has 0 atom stereocenters. The van der Waals surface area contributed by atoms with Crippen molar-refractivity contribution in [2.45, 2.75) is 85.5 Å². The first-order chi connectivity index (χ1) is 25.6. The average Bonchev–Trinajstić information content (AvgIpc) is 3.07. The Bertz CT molecular complexity index is 1850. The van der Waals surface area contributed by atoms with Gasteiger partial charge in [0.25, 0.3) is 0 Å². The van der Waals surface area contributed by atoms with Gasteiger partial charge < -0.3 is 19.5 Å². The quantitative estimate of drug-likeness (QED) is 0.0477. The number of nitrogens with one attached hydrogen (secondary N) is 3. The number of carbonyl (C=O) groups is 3. The Labute approximate surface area is 334 Å². The third-order valence-electron chi connectivity index (χ3n) is 6.55. The molecular weight excluding hydrogens is 741 g/mol. The van der Waals surface area contributed by atoms with Gasteiger partial charge in [0.1, 0.15) is 16.8 Å². The molecule has 0 unspecified atom stereocenters. The number of amides is 3. The molecule has 4 rings (SSSR count). The molecule has 4 aromatic rings. The average molecular weight is 795 g/mol. The maximum absolute atomic E-state index is 11.6. The Morgan fingerprint density at radius 2 is 1.05 bits per heavy atom. The molecule has 0 saturated carbocycles. The van der Waals surface area contributed by atoms with E-state index < -0.39 is 29.0 Å². The molecule has 11 nitrogen and oxygen atoms in total. The highest BCUT2D eigenvalue weighted by atomic mass is 35.5. The van der Waals surface area contributed by atoms with Crippen molar-refractivity contribution in [2.24, 2.45) is 10.9 Å². The first-order valence-electron chi connectivity index (χ1n) is 17.5. The summed E-state index contributed by atoms with van der Waals surface area (Å²) in [5.41, 5.74) is 9.06. The Balaban J connectivity index is 0.000000312. The van der Waals surface area contributed by atoms with Gasteiger partial charge in [0.05, 0.1) is 6.21 Å². The van der Waals surface area contributed by atoms with Crippen molar-refractivity contribution in [2.75, 3.05) is 6.54 Å². The number of rotatable bonds is 7. The first kappa shape index (κ1) is 46.1. The second-order valence-electron chi connectivity index (χ2n) is 15.0. The lowest BCUT2D eigenvalue weighted by atomic mass is 10.0. The van der Waals surface area contributed by atoms with E-state index in [2.05, 4.69) is 40.1 Å². The summed E-state index contributed by atoms with van der Waals surface area (Å²) < 4.78 is 15.0. The van der Waals surface area contributed by atoms with Crippen LogP contribution < -0.4 is 22.0 Å². The largest absolute Gasteiger partial charge is 0.444 e. The molecule has 296 valence electrons. The molecule has 13 heteroatoms. The fourth-order valence-electron chi connectivity index (χ4n) is 4.35. The normalized spacial score (nSPS) is 11.2. The number of hydrogen-bond donors (Lipinski definition) is 4. The summed E-state index contributed by atoms with van der Waals surface area (Å²) in [6.45, 7) is 16.8. The maximum Gasteiger partial charge on any atom is 0.428 e. The lowest BCUT2D eigenvalue weighted by Gasteiger charge is -2.19. The zero-order valence-electron chi connectivity index (χ0n) is 33.0. The minimum Gasteiger partial charge on any atom is -0.444 e. The van der Waals surface area contributed by atoms with Crippen molar-refractivity contribution in [1.82, 2.24) is 16.2 Å². The number of hydrazine groups is 1. The van der Waals surface area contributed by atoms with Crippen LogP contribution in [0, 0.1) is 0 Å². The third kappa shape index (κ3) is 20.8. The van der Waals surface area contributed by atoms with Gasteiger partial charge in [-0.05, 0) is 126 Å². The summed E-state index contributed by atoms with van der Waals surface area (Å²) in [6.07, 6.45) is 0.751. The van der Waals surface area contributed by atoms with Crippen molar-refractivity contribution in [3.63, 3.8) is 0 Å². The summed E-state index contributed by atoms with van der Waals surface area (Å²) in [6, 6.07) is 31.5. The lowest BCUT2D eigenvalue weighted by molar-refractivity contribution is 0.0516. The molecule has 0 aromatic heterocycles. The van der Waals surface area contributed by atoms with E-state index >= 15 is 0 Å². The summed E-state index contributed by atoms with van der Waals surface area (Å²) >= 11 is 12.0. The van der Waals surface area contributed by atoms with E-state index in [1.807, 2.05) is 99.0 Å². The van der Waals surface area contributed by atoms with Gasteiger partial charge in [-0.3, -0.25) is 5.43 Å². The highest BCUT2D eigenvalue weighted by Crippen LogP contribution is 2.24. The molecule has 4 aromatic carbocycles. The van der Waals surface area contributed by atoms with Gasteiger partial charge >= 0.3 is 18.3 Å². The van der Waals surface area contributed by atoms with Gasteiger partial charge in [0.15, 0.2) is 0 Å². The second kappa shape index (κ2) is 21.7. The summed E-state index contributed by atoms with van der Waals surface area (Å²) in [4.78, 5) is 33.4. The van der Waals surface area contributed by atoms with E-state index in [-0.39, 0.29) is 6.09 Å². The second-order valence-corrected chi connectivity index (χ2v) is 15.9. The third-order valence-corrected chi connectivity index (χ3v) is 7.02. The fourth-order valence-corrected chi connectivity index (χ4v) is 4.73. The molecule has 0 aliphatic rings. The Kier molecular flexibility index (Phi) is 18.2. The predicted octanol–water partition coefficient (Wildman–Crippen LogP) is 10.3. The Hall–Kier alpha value is -5.10. The van der Waals surface area contributed by atoms with Crippen LogP contribution in [-0.2, 0) is 20.6 Å². The number of alkyl carbamates (subject to hydrolysis) is 1. The smallest absolute Gasteiger partial charge is 0.428 e. The molecule has 0 bridgehead atoms. The highest BCUT2D eigenvalue weighted by molar-refractivity contribution is 6.31. The van der Waals surface area contributed by atoms with Gasteiger partial charge in [0, 0.05) is 16.6 Å². The van der Waals surface area contributed by atoms with Crippen LogP contribution in [0.3, 0.4) is 0 Å². The SMILES string of the molecule is CC(C)(C)OC(=O)N/N=C\c1ccc(-c2cccc(Cl)c2)cc1.CC(C)(C)OC(=O)NCCc1ccc(-c2cccc(Cl)c2)cc1.CC(C)(C)OC(=O)NN. The van der Waals surface area contributed by atoms with Crippen LogP contribution in [0.2, 0.25) is 10.0 Å². The minimum absolute atomic E-state index is 0.381. The van der Waals surface area contributed by atoms with Gasteiger partial charge in [-0.25, -0.2) is 25.7 Å². The zero-order valence-corrected chi connectivity index (χ0v) is 34.5. The van der Waals surface area contributed by atoms with Gasteiger partial charge in [-0.1, -0.05) is 96.0 Å². The van der Waals surface area contributed by atoms with Crippen LogP contribution in [0.15, 0.2) is 102 Å². The maximum atomic E-state index is 11.6. The molecule has 0 spiro atoms. The molecule has 5 N–H and O–H groups in total. The van der Waals surface area contributed by atoms with Crippen LogP contribution in [0.4, 0.5) is 14.4 Å². The molecule has 55 heavy (non-hydrogen) atoms. The molecule has 3 amide bonds. The number of carbonyl (C=O) groups excluding carboxylic acids is 3. The highest BCUT2D eigenvalue weighted by Gasteiger charge is 2.16. The molecule has 0 aliphatic carbocycles. The van der Waals surface area contributed by atoms with Gasteiger partial charge in [0.2, 0.25) is 0 Å². The number of ether oxygens (including phenoxy) is 3. The molecular formula is C42H53Cl2N5O6. The van der Waals surface area contributed by atoms with Crippen LogP contribution in [-0.4, -0.2) is 47.8 Å². The van der Waals surface area contributed by atoms with E-state index in [1.165, 1.54) is 0 Å². The van der Waals surface area contributed by atoms with Crippen molar-refractivity contribution < 1.29 is 28.6 Å². The number of nitrogens with two attached hydrogens (primary N) is 1. The number of hydrazone groups is 1. The standard InChI is InChI=1S/C19H22ClNO2.C18H19ClN2O2.C5H12N2O2/c1-19(2,3)23-18(22)21-12-11-14-7-9-15(10-8-14)16-5-4-6-17(20)13-16;1-18(2,3)23-17(22)21-20-12-13-7-9-14(10-8-13)15-5-4-6-16(19)11-15;1-5(2,3)9-4(8)7-6/h4-10,13H,11-12H2,1-3H3,(H,21,22);4-12H,1-3H3,(H,21,22);6H2,1-3H3,(H,7,8)/b;20-12-;. The molecule has 0 fully saturated rings. The minimum atomic E-state index is -0.609. The van der Waals surface area contributed by atoms with E-state index in [1.54, 1.807) is 47.8 Å². The van der Waals surface area contributed by atoms with Gasteiger partial charge in [-0.15, -0.1) is 0 Å². The number of halogens is 2. The Morgan fingerprint density at radius 1 is 0.618 bits per heavy atom. The Morgan fingerprint density at radius 3 is 1.47 bits per heavy atom. The molecule has 0 saturated heterocycles. The summed E-state index contributed by atoms with van der Waals surface area (Å²) in [5.74, 6) is 4.75. The van der Waals surface area contributed by atoms with Crippen LogP contribution in [0.1, 0.15) is 73.4 Å². The summed E-state index contributed by atoms with van der Waals surface area (Å²) in [7, 11) is 0. The monoisotopic (exact) mass is 793 g/mol. The first-order valence-corrected chi connectivity index (χ1v) is 18.3. The number of hydrogen-bond acceptors (Lipinski definition) is 8. The van der Waals surface area contributed by atoms with E-state index in [0.29, 0.717) is 11.6 Å². The van der Waals surface area contributed by atoms with E-state index in [0.717, 1.165) is 44.8 Å². The fraction of sp³-hybridized carbons (Fsp3) is 0.333. The van der Waals surface area contributed by atoms with Crippen LogP contribution >= 0.6 is 23.2 Å².